The molecule has 1 aliphatic carbocycles. The highest BCUT2D eigenvalue weighted by Crippen LogP contribution is 2.38. The zero-order chi connectivity index (χ0) is 35.4. The number of rotatable bonds is 7. The largest absolute Gasteiger partial charge is 0.506 e. The van der Waals surface area contributed by atoms with Gasteiger partial charge in [-0.1, -0.05) is 55.3 Å². The third kappa shape index (κ3) is 7.40. The SMILES string of the molecule is Nc1ncnc2c1c(-c1ccc(Oc3cccc(OCc4ccccc4C(F)(F)F)c3)cc1)nn2C1CCCC1.Oc1cccc2cccnc12. The van der Waals surface area contributed by atoms with Crippen LogP contribution in [0.2, 0.25) is 0 Å². The fourth-order valence-electron chi connectivity index (χ4n) is 6.22. The first-order chi connectivity index (χ1) is 24.7. The summed E-state index contributed by atoms with van der Waals surface area (Å²) in [7, 11) is 0. The van der Waals surface area contributed by atoms with Crippen molar-refractivity contribution in [1.29, 1.82) is 0 Å². The quantitative estimate of drug-likeness (QED) is 0.170. The van der Waals surface area contributed by atoms with Gasteiger partial charge in [-0.05, 0) is 67.4 Å². The van der Waals surface area contributed by atoms with E-state index in [-0.39, 0.29) is 17.9 Å². The molecule has 0 saturated heterocycles. The molecule has 51 heavy (non-hydrogen) atoms. The Morgan fingerprint density at radius 2 is 1.55 bits per heavy atom. The molecule has 12 heteroatoms. The zero-order valence-electron chi connectivity index (χ0n) is 27.3. The Kier molecular flexibility index (Phi) is 9.38. The van der Waals surface area contributed by atoms with Crippen LogP contribution in [0.1, 0.15) is 42.9 Å². The molecule has 1 aliphatic rings. The van der Waals surface area contributed by atoms with Gasteiger partial charge in [0.2, 0.25) is 0 Å². The van der Waals surface area contributed by atoms with Crippen LogP contribution in [0.15, 0.2) is 116 Å². The third-order valence-corrected chi connectivity index (χ3v) is 8.69. The Labute approximate surface area is 291 Å². The highest BCUT2D eigenvalue weighted by Gasteiger charge is 2.33. The van der Waals surface area contributed by atoms with E-state index in [1.165, 1.54) is 31.3 Å². The van der Waals surface area contributed by atoms with Crippen molar-refractivity contribution < 1.29 is 27.8 Å². The molecule has 0 spiro atoms. The number of para-hydroxylation sites is 1. The summed E-state index contributed by atoms with van der Waals surface area (Å²) in [4.78, 5) is 12.7. The minimum Gasteiger partial charge on any atom is -0.506 e. The maximum absolute atomic E-state index is 13.3. The monoisotopic (exact) mass is 690 g/mol. The molecule has 3 heterocycles. The number of phenols is 1. The Bertz CT molecular complexity index is 2280. The maximum atomic E-state index is 13.3. The van der Waals surface area contributed by atoms with Crippen LogP contribution in [0.3, 0.4) is 0 Å². The van der Waals surface area contributed by atoms with E-state index in [4.69, 9.17) is 20.3 Å². The average Bonchev–Trinajstić information content (AvgIpc) is 3.81. The molecule has 3 aromatic heterocycles. The molecule has 0 radical (unpaired) electrons. The van der Waals surface area contributed by atoms with Crippen molar-refractivity contribution >= 4 is 27.8 Å². The zero-order valence-corrected chi connectivity index (χ0v) is 27.3. The molecule has 7 aromatic rings. The summed E-state index contributed by atoms with van der Waals surface area (Å²) < 4.78 is 53.5. The van der Waals surface area contributed by atoms with Crippen molar-refractivity contribution in [1.82, 2.24) is 24.7 Å². The summed E-state index contributed by atoms with van der Waals surface area (Å²) in [5, 5.41) is 15.9. The number of anilines is 1. The molecule has 9 nitrogen and oxygen atoms in total. The van der Waals surface area contributed by atoms with Gasteiger partial charge in [-0.3, -0.25) is 4.98 Å². The summed E-state index contributed by atoms with van der Waals surface area (Å²) in [5.41, 5.74) is 8.58. The Morgan fingerprint density at radius 3 is 2.33 bits per heavy atom. The number of alkyl halides is 3. The summed E-state index contributed by atoms with van der Waals surface area (Å²) >= 11 is 0. The number of phenolic OH excluding ortho intramolecular Hbond substituents is 1. The van der Waals surface area contributed by atoms with Crippen molar-refractivity contribution in [3.05, 3.63) is 127 Å². The second kappa shape index (κ2) is 14.4. The molecule has 1 fully saturated rings. The number of pyridine rings is 1. The second-order valence-electron chi connectivity index (χ2n) is 12.1. The van der Waals surface area contributed by atoms with Gasteiger partial charge in [0.15, 0.2) is 5.65 Å². The van der Waals surface area contributed by atoms with Gasteiger partial charge >= 0.3 is 6.18 Å². The molecule has 0 bridgehead atoms. The van der Waals surface area contributed by atoms with Crippen LogP contribution >= 0.6 is 0 Å². The normalized spacial score (nSPS) is 13.2. The first-order valence-electron chi connectivity index (χ1n) is 16.4. The molecule has 258 valence electrons. The molecule has 3 N–H and O–H groups in total. The lowest BCUT2D eigenvalue weighted by atomic mass is 10.1. The molecule has 1 saturated carbocycles. The number of nitrogens with zero attached hydrogens (tertiary/aromatic N) is 5. The lowest BCUT2D eigenvalue weighted by molar-refractivity contribution is -0.138. The standard InChI is InChI=1S/C30H26F3N5O2.C9H7NO/c31-30(32,33)25-11-4-1-6-20(25)17-39-23-9-5-10-24(16-23)40-22-14-12-19(13-15-22)27-26-28(34)35-18-36-29(26)38(37-27)21-7-2-3-8-21;11-8-5-1-3-7-4-2-6-10-9(7)8/h1,4-6,9-16,18,21H,2-3,7-8,17H2,(H2,34,35,36);1-6,11H. The van der Waals surface area contributed by atoms with Gasteiger partial charge in [-0.15, -0.1) is 0 Å². The average molecular weight is 691 g/mol. The van der Waals surface area contributed by atoms with E-state index in [2.05, 4.69) is 15.0 Å². The van der Waals surface area contributed by atoms with Crippen molar-refractivity contribution in [2.45, 2.75) is 44.5 Å². The lowest BCUT2D eigenvalue weighted by Crippen LogP contribution is -2.10. The Morgan fingerprint density at radius 1 is 0.804 bits per heavy atom. The van der Waals surface area contributed by atoms with Crippen molar-refractivity contribution in [3.63, 3.8) is 0 Å². The number of halogens is 3. The van der Waals surface area contributed by atoms with E-state index in [1.807, 2.05) is 47.1 Å². The highest BCUT2D eigenvalue weighted by molar-refractivity contribution is 5.98. The van der Waals surface area contributed by atoms with E-state index in [1.54, 1.807) is 48.7 Å². The van der Waals surface area contributed by atoms with Gasteiger partial charge in [0.1, 0.15) is 53.0 Å². The van der Waals surface area contributed by atoms with Crippen LogP contribution in [0, 0.1) is 0 Å². The first-order valence-corrected chi connectivity index (χ1v) is 16.4. The summed E-state index contributed by atoms with van der Waals surface area (Å²) in [6.45, 7) is -0.220. The molecule has 0 amide bonds. The van der Waals surface area contributed by atoms with Gasteiger partial charge in [-0.25, -0.2) is 14.6 Å². The Hall–Kier alpha value is -6.17. The van der Waals surface area contributed by atoms with Crippen LogP contribution in [0.5, 0.6) is 23.0 Å². The van der Waals surface area contributed by atoms with Gasteiger partial charge in [0, 0.05) is 28.8 Å². The number of benzene rings is 4. The number of hydrogen-bond donors (Lipinski definition) is 2. The molecule has 0 atom stereocenters. The first kappa shape index (κ1) is 33.3. The predicted octanol–water partition coefficient (Wildman–Crippen LogP) is 9.52. The molecular weight excluding hydrogens is 657 g/mol. The molecular formula is C39H33F3N6O3. The molecule has 4 aromatic carbocycles. The van der Waals surface area contributed by atoms with Gasteiger partial charge in [0.05, 0.1) is 17.0 Å². The smallest absolute Gasteiger partial charge is 0.416 e. The number of ether oxygens (including phenoxy) is 2. The van der Waals surface area contributed by atoms with E-state index in [9.17, 15) is 18.3 Å². The fourth-order valence-corrected chi connectivity index (χ4v) is 6.22. The van der Waals surface area contributed by atoms with Crippen molar-refractivity contribution in [3.8, 4) is 34.3 Å². The summed E-state index contributed by atoms with van der Waals surface area (Å²) in [6.07, 6.45) is 3.15. The van der Waals surface area contributed by atoms with Crippen LogP contribution in [-0.4, -0.2) is 29.8 Å². The minimum absolute atomic E-state index is 0.0610. The molecule has 0 unspecified atom stereocenters. The van der Waals surface area contributed by atoms with Crippen LogP contribution in [0.25, 0.3) is 33.2 Å². The van der Waals surface area contributed by atoms with Gasteiger partial charge in [0.25, 0.3) is 0 Å². The number of aromatic hydroxyl groups is 1. The highest BCUT2D eigenvalue weighted by atomic mass is 19.4. The van der Waals surface area contributed by atoms with Crippen LogP contribution in [-0.2, 0) is 12.8 Å². The number of nitrogens with two attached hydrogens (primary N) is 1. The lowest BCUT2D eigenvalue weighted by Gasteiger charge is -2.14. The van der Waals surface area contributed by atoms with E-state index >= 15 is 0 Å². The van der Waals surface area contributed by atoms with Gasteiger partial charge < -0.3 is 20.3 Å². The van der Waals surface area contributed by atoms with E-state index in [0.29, 0.717) is 34.6 Å². The summed E-state index contributed by atoms with van der Waals surface area (Å²) in [6, 6.07) is 29.0. The maximum Gasteiger partial charge on any atom is 0.416 e. The fraction of sp³-hybridized carbons (Fsp3) is 0.179. The second-order valence-corrected chi connectivity index (χ2v) is 12.1. The minimum atomic E-state index is -4.45. The molecule has 8 rings (SSSR count). The van der Waals surface area contributed by atoms with Crippen molar-refractivity contribution in [2.24, 2.45) is 0 Å². The van der Waals surface area contributed by atoms with Crippen LogP contribution < -0.4 is 15.2 Å². The van der Waals surface area contributed by atoms with Crippen molar-refractivity contribution in [2.75, 3.05) is 5.73 Å². The predicted molar refractivity (Wildman–Crippen MR) is 188 cm³/mol. The summed E-state index contributed by atoms with van der Waals surface area (Å²) in [5.74, 6) is 2.09. The van der Waals surface area contributed by atoms with Crippen LogP contribution in [0.4, 0.5) is 19.0 Å². The Balaban J connectivity index is 0.000000313. The van der Waals surface area contributed by atoms with E-state index < -0.39 is 11.7 Å². The number of aromatic nitrogens is 5. The molecule has 0 aliphatic heterocycles. The van der Waals surface area contributed by atoms with Gasteiger partial charge in [-0.2, -0.15) is 18.3 Å². The number of fused-ring (bicyclic) bond motifs is 2. The third-order valence-electron chi connectivity index (χ3n) is 8.69. The van der Waals surface area contributed by atoms with E-state index in [0.717, 1.165) is 46.6 Å². The topological polar surface area (TPSA) is 121 Å². The number of nitrogen functional groups attached to an aromatic ring is 1. The number of hydrogen-bond acceptors (Lipinski definition) is 8.